The third-order valence-electron chi connectivity index (χ3n) is 16.3. The predicted octanol–water partition coefficient (Wildman–Crippen LogP) is 6.28. The number of likely N-dealkylation sites (N-methyl/N-ethyl adjacent to an activating group) is 1. The molecule has 2 fully saturated rings. The first-order valence-electron chi connectivity index (χ1n) is 27.6. The summed E-state index contributed by atoms with van der Waals surface area (Å²) in [6.45, 7) is 16.9. The molecule has 0 bridgehead atoms. The first kappa shape index (κ1) is 57.3. The highest BCUT2D eigenvalue weighted by Gasteiger charge is 2.48. The molecule has 4 aliphatic rings. The summed E-state index contributed by atoms with van der Waals surface area (Å²) < 4.78 is 0. The number of amides is 7. The first-order chi connectivity index (χ1) is 36.0. The van der Waals surface area contributed by atoms with Crippen molar-refractivity contribution in [2.75, 3.05) is 20.1 Å². The molecule has 0 unspecified atom stereocenters. The lowest BCUT2D eigenvalue weighted by molar-refractivity contribution is -0.146. The molecule has 7 amide bonds. The molecule has 0 spiro atoms. The van der Waals surface area contributed by atoms with Crippen LogP contribution in [0.2, 0.25) is 0 Å². The van der Waals surface area contributed by atoms with Crippen molar-refractivity contribution in [3.05, 3.63) is 106 Å². The number of Topliss-reactive ketones (excluding diaryl/α,β-unsaturated/α-hetero) is 1. The second-order valence-corrected chi connectivity index (χ2v) is 23.9. The molecule has 3 aromatic rings. The van der Waals surface area contributed by atoms with E-state index in [1.54, 1.807) is 18.9 Å². The molecule has 2 heterocycles. The molecule has 10 atom stereocenters. The number of carbonyl (C=O) groups excluding carboxylic acids is 8. The van der Waals surface area contributed by atoms with Crippen LogP contribution in [0.4, 0.5) is 0 Å². The van der Waals surface area contributed by atoms with Gasteiger partial charge in [0, 0.05) is 54.6 Å². The normalized spacial score (nSPS) is 22.9. The lowest BCUT2D eigenvalue weighted by atomic mass is 9.76. The van der Waals surface area contributed by atoms with Crippen LogP contribution in [0.1, 0.15) is 169 Å². The first-order valence-corrected chi connectivity index (χ1v) is 27.6. The van der Waals surface area contributed by atoms with Gasteiger partial charge in [-0.05, 0) is 129 Å². The second kappa shape index (κ2) is 24.3. The van der Waals surface area contributed by atoms with Crippen molar-refractivity contribution in [2.45, 2.75) is 175 Å². The monoisotopic (exact) mass is 1040 g/mol. The van der Waals surface area contributed by atoms with Gasteiger partial charge in [-0.2, -0.15) is 0 Å². The van der Waals surface area contributed by atoms with Gasteiger partial charge in [-0.25, -0.2) is 0 Å². The number of likely N-dealkylation sites (tertiary alicyclic amines) is 2. The van der Waals surface area contributed by atoms with Crippen molar-refractivity contribution in [3.8, 4) is 0 Å². The maximum atomic E-state index is 14.7. The van der Waals surface area contributed by atoms with E-state index in [1.165, 1.54) is 40.3 Å². The number of hydrogen-bond acceptors (Lipinski definition) is 9. The average Bonchev–Trinajstić information content (AvgIpc) is 4.03. The number of ketones is 1. The highest BCUT2D eigenvalue weighted by atomic mass is 16.2. The van der Waals surface area contributed by atoms with Crippen LogP contribution >= 0.6 is 0 Å². The van der Waals surface area contributed by atoms with Crippen LogP contribution in [0.15, 0.2) is 72.8 Å². The molecular weight excluding hydrogens is 961 g/mol. The summed E-state index contributed by atoms with van der Waals surface area (Å²) in [7, 11) is 1.70. The molecule has 16 nitrogen and oxygen atoms in total. The summed E-state index contributed by atoms with van der Waals surface area (Å²) in [5, 5.41) is 18.5. The molecule has 2 aliphatic heterocycles. The van der Waals surface area contributed by atoms with E-state index in [4.69, 9.17) is 0 Å². The van der Waals surface area contributed by atoms with Crippen LogP contribution in [0.25, 0.3) is 0 Å². The number of rotatable bonds is 17. The topological polar surface area (TPSA) is 215 Å². The van der Waals surface area contributed by atoms with Crippen LogP contribution in [0.3, 0.4) is 0 Å². The van der Waals surface area contributed by atoms with E-state index in [-0.39, 0.29) is 90.9 Å². The summed E-state index contributed by atoms with van der Waals surface area (Å²) in [5.74, 6) is -3.70. The lowest BCUT2D eigenvalue weighted by Gasteiger charge is -2.36. The predicted molar refractivity (Wildman–Crippen MR) is 292 cm³/mol. The standard InChI is InChI=1S/C60H82N8O8/c1-11-35(2)52(70)66-51(60(7,8)9)58(76)68-34-42(31-49(68)56(74)65-47-25-17-21-38-19-13-15-23-44(38)47)63-54(72)40-28-26-39(27-29-40)53(71)62-41-30-48(55(73)64-46-24-16-20-37-18-12-14-22-43(37)46)67(33-41)57(75)45(59(4,5)6)32-50(69)36(3)61-10/h12-15,18-19,22-23,26-29,35-36,41-42,45-49,51,61H,11,16-17,20-21,24-25,30-34H2,1-10H3,(H,62,71)(H,63,72)(H,64,73)(H,65,74)(H,66,70)/t35-,36+,41+,42+,45-,46-,47-,48+,49+,51-/m1/s1. The molecule has 6 N–H and O–H groups in total. The van der Waals surface area contributed by atoms with Gasteiger partial charge >= 0.3 is 0 Å². The Morgan fingerprint density at radius 2 is 1.05 bits per heavy atom. The van der Waals surface area contributed by atoms with E-state index in [2.05, 4.69) is 44.0 Å². The molecule has 2 aliphatic carbocycles. The Bertz CT molecular complexity index is 2460. The van der Waals surface area contributed by atoms with Gasteiger partial charge in [0.25, 0.3) is 11.8 Å². The zero-order chi connectivity index (χ0) is 55.2. The molecule has 0 saturated carbocycles. The van der Waals surface area contributed by atoms with E-state index in [0.29, 0.717) is 6.42 Å². The molecule has 410 valence electrons. The van der Waals surface area contributed by atoms with Crippen molar-refractivity contribution >= 4 is 47.1 Å². The van der Waals surface area contributed by atoms with Crippen LogP contribution in [-0.4, -0.2) is 113 Å². The maximum absolute atomic E-state index is 14.7. The third-order valence-corrected chi connectivity index (χ3v) is 16.3. The Labute approximate surface area is 449 Å². The van der Waals surface area contributed by atoms with Crippen LogP contribution < -0.4 is 31.9 Å². The lowest BCUT2D eigenvalue weighted by Crippen LogP contribution is -2.58. The van der Waals surface area contributed by atoms with Gasteiger partial charge in [0.1, 0.15) is 23.9 Å². The minimum atomic E-state index is -0.938. The smallest absolute Gasteiger partial charge is 0.251 e. The van der Waals surface area contributed by atoms with Gasteiger partial charge in [0.15, 0.2) is 0 Å². The average molecular weight is 1040 g/mol. The highest BCUT2D eigenvalue weighted by Crippen LogP contribution is 2.36. The molecule has 16 heteroatoms. The van der Waals surface area contributed by atoms with Crippen molar-refractivity contribution in [1.82, 2.24) is 41.7 Å². The summed E-state index contributed by atoms with van der Waals surface area (Å²) in [6.07, 6.45) is 6.02. The van der Waals surface area contributed by atoms with Crippen molar-refractivity contribution in [2.24, 2.45) is 22.7 Å². The van der Waals surface area contributed by atoms with Crippen molar-refractivity contribution < 1.29 is 38.4 Å². The Hall–Kier alpha value is -6.42. The molecular formula is C60H82N8O8. The van der Waals surface area contributed by atoms with Gasteiger partial charge in [-0.1, -0.05) is 104 Å². The fraction of sp³-hybridized carbons (Fsp3) is 0.567. The molecule has 0 aromatic heterocycles. The largest absolute Gasteiger partial charge is 0.347 e. The van der Waals surface area contributed by atoms with Crippen molar-refractivity contribution in [1.29, 1.82) is 0 Å². The molecule has 3 aromatic carbocycles. The molecule has 7 rings (SSSR count). The van der Waals surface area contributed by atoms with Crippen LogP contribution in [0.5, 0.6) is 0 Å². The summed E-state index contributed by atoms with van der Waals surface area (Å²) in [4.78, 5) is 116. The number of aryl methyl sites for hydroxylation is 2. The van der Waals surface area contributed by atoms with E-state index >= 15 is 0 Å². The Balaban J connectivity index is 1.06. The third kappa shape index (κ3) is 13.4. The van der Waals surface area contributed by atoms with Gasteiger partial charge in [0.2, 0.25) is 29.5 Å². The number of hydrogen-bond donors (Lipinski definition) is 6. The summed E-state index contributed by atoms with van der Waals surface area (Å²) in [5.41, 5.74) is 3.65. The Morgan fingerprint density at radius 3 is 1.47 bits per heavy atom. The number of nitrogens with one attached hydrogen (secondary N) is 6. The van der Waals surface area contributed by atoms with E-state index in [1.807, 2.05) is 91.8 Å². The van der Waals surface area contributed by atoms with Crippen molar-refractivity contribution in [3.63, 3.8) is 0 Å². The van der Waals surface area contributed by atoms with Gasteiger partial charge in [-0.15, -0.1) is 0 Å². The van der Waals surface area contributed by atoms with Crippen LogP contribution in [-0.2, 0) is 41.6 Å². The molecule has 0 radical (unpaired) electrons. The van der Waals surface area contributed by atoms with Gasteiger partial charge in [0.05, 0.1) is 18.1 Å². The second-order valence-electron chi connectivity index (χ2n) is 23.9. The van der Waals surface area contributed by atoms with E-state index in [0.717, 1.165) is 49.7 Å². The van der Waals surface area contributed by atoms with Gasteiger partial charge in [-0.3, -0.25) is 38.4 Å². The Kier molecular flexibility index (Phi) is 18.3. The minimum absolute atomic E-state index is 0.0130. The zero-order valence-corrected chi connectivity index (χ0v) is 46.3. The minimum Gasteiger partial charge on any atom is -0.347 e. The van der Waals surface area contributed by atoms with Gasteiger partial charge < -0.3 is 41.7 Å². The fourth-order valence-electron chi connectivity index (χ4n) is 11.3. The molecule has 2 saturated heterocycles. The van der Waals surface area contributed by atoms with Crippen LogP contribution in [0, 0.1) is 22.7 Å². The van der Waals surface area contributed by atoms with E-state index in [9.17, 15) is 38.4 Å². The number of nitrogens with zero attached hydrogens (tertiary/aromatic N) is 2. The number of fused-ring (bicyclic) bond motifs is 2. The maximum Gasteiger partial charge on any atom is 0.251 e. The summed E-state index contributed by atoms with van der Waals surface area (Å²) >= 11 is 0. The molecule has 76 heavy (non-hydrogen) atoms. The number of carbonyl (C=O) groups is 8. The van der Waals surface area contributed by atoms with E-state index < -0.39 is 70.7 Å². The SMILES string of the molecule is CC[C@@H](C)C(=O)N[C@H](C(=O)N1C[C@@H](NC(=O)c2ccc(C(=O)N[C@H]3C[C@@H](C(=O)N[C@@H]4CCCc5ccccc54)N(C(=O)[C@@H](CC(=O)[C@H](C)NC)C(C)(C)C)C3)cc2)C[C@H]1C(=O)N[C@@H]1CCCc2ccccc21)C(C)(C)C. The fourth-order valence-corrected chi connectivity index (χ4v) is 11.3. The number of benzene rings is 3. The summed E-state index contributed by atoms with van der Waals surface area (Å²) in [6, 6.07) is 17.3. The Morgan fingerprint density at radius 1 is 0.605 bits per heavy atom. The highest BCUT2D eigenvalue weighted by molar-refractivity contribution is 5.99. The zero-order valence-electron chi connectivity index (χ0n) is 46.3. The quantitative estimate of drug-likeness (QED) is 0.0897.